The summed E-state index contributed by atoms with van der Waals surface area (Å²) in [6.07, 6.45) is -1.87. The number of carbonyl (C=O) groups is 1. The lowest BCUT2D eigenvalue weighted by molar-refractivity contribution is -0.141. The van der Waals surface area contributed by atoms with Gasteiger partial charge >= 0.3 is 0 Å². The summed E-state index contributed by atoms with van der Waals surface area (Å²) < 4.78 is 27.6. The summed E-state index contributed by atoms with van der Waals surface area (Å²) in [5.74, 6) is -2.62. The number of hydrogen-bond donors (Lipinski definition) is 1. The van der Waals surface area contributed by atoms with Gasteiger partial charge in [-0.15, -0.1) is 0 Å². The van der Waals surface area contributed by atoms with E-state index in [9.17, 15) is 18.7 Å². The maximum absolute atomic E-state index is 13.8. The summed E-state index contributed by atoms with van der Waals surface area (Å²) in [4.78, 5) is 15.8. The molecule has 1 unspecified atom stereocenters. The van der Waals surface area contributed by atoms with E-state index in [-0.39, 0.29) is 0 Å². The van der Waals surface area contributed by atoms with Crippen LogP contribution >= 0.6 is 34.8 Å². The molecule has 3 aromatic carbocycles. The number of piperazine rings is 1. The molecular weight excluding hydrogens is 493 g/mol. The molecule has 3 aromatic rings. The first-order valence-electron chi connectivity index (χ1n) is 10.1. The molecule has 1 fully saturated rings. The van der Waals surface area contributed by atoms with Gasteiger partial charge in [-0.1, -0.05) is 59.1 Å². The van der Waals surface area contributed by atoms with E-state index in [0.29, 0.717) is 36.2 Å². The summed E-state index contributed by atoms with van der Waals surface area (Å²) in [5, 5.41) is 12.0. The molecule has 1 aliphatic heterocycles. The van der Waals surface area contributed by atoms with Crippen LogP contribution in [0.25, 0.3) is 0 Å². The van der Waals surface area contributed by atoms with Gasteiger partial charge in [0.1, 0.15) is 11.6 Å². The second-order valence-electron chi connectivity index (χ2n) is 7.24. The SMILES string of the molecule is Clc1ccccc1.O=C(C(O)c1c(F)cccc1F)N1CCN(c2ccc(Cl)cc2Cl)CC1. The van der Waals surface area contributed by atoms with Crippen molar-refractivity contribution in [1.29, 1.82) is 0 Å². The Bertz CT molecular complexity index is 1070. The zero-order chi connectivity index (χ0) is 24.0. The fourth-order valence-corrected chi connectivity index (χ4v) is 4.06. The van der Waals surface area contributed by atoms with Gasteiger partial charge in [0.05, 0.1) is 16.3 Å². The molecule has 9 heteroatoms. The number of benzene rings is 3. The molecule has 0 saturated carbocycles. The quantitative estimate of drug-likeness (QED) is 0.468. The van der Waals surface area contributed by atoms with Crippen LogP contribution in [0.3, 0.4) is 0 Å². The number of carbonyl (C=O) groups excluding carboxylic acids is 1. The van der Waals surface area contributed by atoms with Crippen LogP contribution in [0.15, 0.2) is 66.7 Å². The normalized spacial score (nSPS) is 14.4. The Labute approximate surface area is 205 Å². The summed E-state index contributed by atoms with van der Waals surface area (Å²) in [6.45, 7) is 1.54. The fraction of sp³-hybridized carbons (Fsp3) is 0.208. The number of halogens is 5. The number of aliphatic hydroxyl groups excluding tert-OH is 1. The Kier molecular flexibility index (Phi) is 8.92. The first kappa shape index (κ1) is 25.2. The highest BCUT2D eigenvalue weighted by atomic mass is 35.5. The molecule has 1 amide bonds. The smallest absolute Gasteiger partial charge is 0.256 e. The van der Waals surface area contributed by atoms with Crippen molar-refractivity contribution < 1.29 is 18.7 Å². The Morgan fingerprint density at radius 1 is 0.818 bits per heavy atom. The topological polar surface area (TPSA) is 43.8 Å². The van der Waals surface area contributed by atoms with Crippen LogP contribution < -0.4 is 4.90 Å². The lowest BCUT2D eigenvalue weighted by atomic mass is 10.1. The molecule has 1 saturated heterocycles. The molecule has 1 heterocycles. The number of amides is 1. The summed E-state index contributed by atoms with van der Waals surface area (Å²) >= 11 is 17.6. The third-order valence-electron chi connectivity index (χ3n) is 5.08. The summed E-state index contributed by atoms with van der Waals surface area (Å²) in [5.41, 5.74) is 0.171. The van der Waals surface area contributed by atoms with Gasteiger partial charge in [-0.05, 0) is 42.5 Å². The van der Waals surface area contributed by atoms with Crippen LogP contribution in [0.4, 0.5) is 14.5 Å². The molecule has 1 N–H and O–H groups in total. The Morgan fingerprint density at radius 3 is 1.94 bits per heavy atom. The van der Waals surface area contributed by atoms with Gasteiger partial charge in [0.25, 0.3) is 5.91 Å². The second kappa shape index (κ2) is 11.7. The number of nitrogens with zero attached hydrogens (tertiary/aromatic N) is 2. The fourth-order valence-electron chi connectivity index (χ4n) is 3.39. The van der Waals surface area contributed by atoms with E-state index in [1.54, 1.807) is 18.2 Å². The molecule has 4 nitrogen and oxygen atoms in total. The minimum absolute atomic E-state index is 0.297. The lowest BCUT2D eigenvalue weighted by Gasteiger charge is -2.37. The van der Waals surface area contributed by atoms with E-state index in [1.807, 2.05) is 35.2 Å². The monoisotopic (exact) mass is 512 g/mol. The first-order valence-corrected chi connectivity index (χ1v) is 11.2. The van der Waals surface area contributed by atoms with Crippen molar-refractivity contribution in [2.24, 2.45) is 0 Å². The van der Waals surface area contributed by atoms with Gasteiger partial charge in [-0.3, -0.25) is 4.79 Å². The van der Waals surface area contributed by atoms with Gasteiger partial charge in [0.2, 0.25) is 0 Å². The molecular formula is C24H21Cl3F2N2O2. The third-order valence-corrected chi connectivity index (χ3v) is 5.87. The summed E-state index contributed by atoms with van der Waals surface area (Å²) in [6, 6.07) is 17.8. The Balaban J connectivity index is 0.000000374. The highest BCUT2D eigenvalue weighted by molar-refractivity contribution is 6.36. The van der Waals surface area contributed by atoms with E-state index in [4.69, 9.17) is 34.8 Å². The Morgan fingerprint density at radius 2 is 1.42 bits per heavy atom. The van der Waals surface area contributed by atoms with Gasteiger partial charge in [0.15, 0.2) is 6.10 Å². The summed E-state index contributed by atoms with van der Waals surface area (Å²) in [7, 11) is 0. The van der Waals surface area contributed by atoms with Gasteiger partial charge in [-0.25, -0.2) is 8.78 Å². The number of rotatable bonds is 3. The predicted octanol–water partition coefficient (Wildman–Crippen LogP) is 5.99. The maximum atomic E-state index is 13.8. The average molecular weight is 514 g/mol. The van der Waals surface area contributed by atoms with Crippen LogP contribution in [0.5, 0.6) is 0 Å². The molecule has 0 spiro atoms. The van der Waals surface area contributed by atoms with Crippen LogP contribution in [0.1, 0.15) is 11.7 Å². The van der Waals surface area contributed by atoms with E-state index in [1.165, 1.54) is 11.0 Å². The van der Waals surface area contributed by atoms with Gasteiger partial charge < -0.3 is 14.9 Å². The van der Waals surface area contributed by atoms with Crippen molar-refractivity contribution in [3.8, 4) is 0 Å². The molecule has 1 atom stereocenters. The van der Waals surface area contributed by atoms with Gasteiger partial charge in [-0.2, -0.15) is 0 Å². The number of hydrogen-bond acceptors (Lipinski definition) is 3. The molecule has 4 rings (SSSR count). The molecule has 0 bridgehead atoms. The first-order chi connectivity index (χ1) is 15.8. The van der Waals surface area contributed by atoms with Crippen molar-refractivity contribution >= 4 is 46.4 Å². The van der Waals surface area contributed by atoms with Crippen molar-refractivity contribution in [3.05, 3.63) is 99.0 Å². The predicted molar refractivity (Wildman–Crippen MR) is 128 cm³/mol. The highest BCUT2D eigenvalue weighted by Crippen LogP contribution is 2.30. The molecule has 0 aliphatic carbocycles. The van der Waals surface area contributed by atoms with Crippen LogP contribution in [-0.4, -0.2) is 42.1 Å². The third kappa shape index (κ3) is 6.58. The average Bonchev–Trinajstić information content (AvgIpc) is 2.79. The largest absolute Gasteiger partial charge is 0.378 e. The van der Waals surface area contributed by atoms with Crippen LogP contribution in [0, 0.1) is 11.6 Å². The van der Waals surface area contributed by atoms with Gasteiger partial charge in [0, 0.05) is 36.2 Å². The maximum Gasteiger partial charge on any atom is 0.256 e. The van der Waals surface area contributed by atoms with Crippen molar-refractivity contribution in [1.82, 2.24) is 4.90 Å². The van der Waals surface area contributed by atoms with E-state index < -0.39 is 29.2 Å². The molecule has 1 aliphatic rings. The zero-order valence-corrected chi connectivity index (χ0v) is 19.7. The molecule has 174 valence electrons. The molecule has 33 heavy (non-hydrogen) atoms. The number of aliphatic hydroxyl groups is 1. The molecule has 0 aromatic heterocycles. The molecule has 0 radical (unpaired) electrons. The standard InChI is InChI=1S/C18H16Cl2F2N2O2.C6H5Cl/c19-11-4-5-15(12(20)10-11)23-6-8-24(9-7-23)18(26)17(25)16-13(21)2-1-3-14(16)22;7-6-4-2-1-3-5-6/h1-5,10,17,25H,6-9H2;1-5H. The second-order valence-corrected chi connectivity index (χ2v) is 8.52. The highest BCUT2D eigenvalue weighted by Gasteiger charge is 2.31. The minimum Gasteiger partial charge on any atom is -0.378 e. The lowest BCUT2D eigenvalue weighted by Crippen LogP contribution is -2.50. The van der Waals surface area contributed by atoms with E-state index in [0.717, 1.165) is 22.8 Å². The number of anilines is 1. The van der Waals surface area contributed by atoms with Crippen LogP contribution in [0.2, 0.25) is 15.1 Å². The van der Waals surface area contributed by atoms with E-state index >= 15 is 0 Å². The Hall–Kier alpha value is -2.38. The minimum atomic E-state index is -1.87. The zero-order valence-electron chi connectivity index (χ0n) is 17.4. The van der Waals surface area contributed by atoms with Crippen molar-refractivity contribution in [2.75, 3.05) is 31.1 Å². The van der Waals surface area contributed by atoms with Crippen LogP contribution in [-0.2, 0) is 4.79 Å². The van der Waals surface area contributed by atoms with Crippen molar-refractivity contribution in [3.63, 3.8) is 0 Å². The van der Waals surface area contributed by atoms with Crippen molar-refractivity contribution in [2.45, 2.75) is 6.10 Å². The van der Waals surface area contributed by atoms with E-state index in [2.05, 4.69) is 0 Å².